The third-order valence-electron chi connectivity index (χ3n) is 3.57. The minimum atomic E-state index is -0.861. The number of carboxylic acids is 1. The molecule has 0 aromatic carbocycles. The average molecular weight is 311 g/mol. The summed E-state index contributed by atoms with van der Waals surface area (Å²) >= 11 is 0. The Morgan fingerprint density at radius 3 is 2.18 bits per heavy atom. The molecule has 0 bridgehead atoms. The molecule has 0 atom stereocenters. The number of nitriles is 1. The standard InChI is InChI=1S/C14H21N3O5/c15-9-12(10-16(5-7-18)6-8-19)13(20)17-3-1-11(2-4-17)14(21)22/h10-11,18-19H,1-8H2,(H,21,22)/b12-10-. The number of amides is 1. The number of hydrogen-bond donors (Lipinski definition) is 3. The number of carboxylic acid groups (broad SMARTS) is 1. The lowest BCUT2D eigenvalue weighted by molar-refractivity contribution is -0.145. The highest BCUT2D eigenvalue weighted by atomic mass is 16.4. The largest absolute Gasteiger partial charge is 0.481 e. The van der Waals surface area contributed by atoms with Crippen molar-refractivity contribution in [3.05, 3.63) is 11.8 Å². The van der Waals surface area contributed by atoms with E-state index in [9.17, 15) is 9.59 Å². The smallest absolute Gasteiger partial charge is 0.306 e. The number of nitrogens with zero attached hydrogens (tertiary/aromatic N) is 3. The Balaban J connectivity index is 2.72. The van der Waals surface area contributed by atoms with Gasteiger partial charge in [0.25, 0.3) is 5.91 Å². The van der Waals surface area contributed by atoms with Crippen molar-refractivity contribution in [2.75, 3.05) is 39.4 Å². The van der Waals surface area contributed by atoms with Crippen LogP contribution in [0.1, 0.15) is 12.8 Å². The van der Waals surface area contributed by atoms with Crippen LogP contribution in [0.3, 0.4) is 0 Å². The maximum atomic E-state index is 12.3. The molecule has 0 radical (unpaired) electrons. The van der Waals surface area contributed by atoms with Crippen LogP contribution < -0.4 is 0 Å². The Hall–Kier alpha value is -2.11. The van der Waals surface area contributed by atoms with Gasteiger partial charge in [0.1, 0.15) is 11.6 Å². The lowest BCUT2D eigenvalue weighted by atomic mass is 9.97. The van der Waals surface area contributed by atoms with Gasteiger partial charge in [-0.2, -0.15) is 5.26 Å². The molecule has 1 aliphatic heterocycles. The molecule has 1 fully saturated rings. The Morgan fingerprint density at radius 2 is 1.77 bits per heavy atom. The molecule has 0 saturated carbocycles. The van der Waals surface area contributed by atoms with E-state index >= 15 is 0 Å². The summed E-state index contributed by atoms with van der Waals surface area (Å²) in [6, 6.07) is 1.83. The normalized spacial score (nSPS) is 16.2. The number of likely N-dealkylation sites (tertiary alicyclic amines) is 1. The van der Waals surface area contributed by atoms with Gasteiger partial charge in [-0.3, -0.25) is 9.59 Å². The first-order valence-electron chi connectivity index (χ1n) is 7.13. The molecule has 0 aromatic rings. The zero-order valence-electron chi connectivity index (χ0n) is 12.3. The van der Waals surface area contributed by atoms with Gasteiger partial charge < -0.3 is 25.1 Å². The van der Waals surface area contributed by atoms with E-state index in [1.165, 1.54) is 16.0 Å². The number of carbonyl (C=O) groups excluding carboxylic acids is 1. The number of hydrogen-bond acceptors (Lipinski definition) is 6. The van der Waals surface area contributed by atoms with Gasteiger partial charge in [-0.05, 0) is 12.8 Å². The first-order chi connectivity index (χ1) is 10.5. The van der Waals surface area contributed by atoms with E-state index in [2.05, 4.69) is 0 Å². The Labute approximate surface area is 128 Å². The fourth-order valence-electron chi connectivity index (χ4n) is 2.31. The zero-order valence-corrected chi connectivity index (χ0v) is 12.3. The van der Waals surface area contributed by atoms with Gasteiger partial charge >= 0.3 is 5.97 Å². The van der Waals surface area contributed by atoms with Gasteiger partial charge in [0.2, 0.25) is 0 Å². The SMILES string of the molecule is N#C/C(=C/N(CCO)CCO)C(=O)N1CCC(C(=O)O)CC1. The van der Waals surface area contributed by atoms with Crippen molar-refractivity contribution in [2.24, 2.45) is 5.92 Å². The second-order valence-corrected chi connectivity index (χ2v) is 5.04. The third-order valence-corrected chi connectivity index (χ3v) is 3.57. The molecule has 3 N–H and O–H groups in total. The summed E-state index contributed by atoms with van der Waals surface area (Å²) in [5, 5.41) is 35.9. The third kappa shape index (κ3) is 5.02. The lowest BCUT2D eigenvalue weighted by Gasteiger charge is -2.30. The second kappa shape index (κ2) is 9.02. The molecule has 1 saturated heterocycles. The molecule has 122 valence electrons. The summed E-state index contributed by atoms with van der Waals surface area (Å²) in [6.45, 7) is 0.699. The predicted octanol–water partition coefficient (Wildman–Crippen LogP) is -0.996. The van der Waals surface area contributed by atoms with Crippen LogP contribution in [0.2, 0.25) is 0 Å². The second-order valence-electron chi connectivity index (χ2n) is 5.04. The van der Waals surface area contributed by atoms with Gasteiger partial charge in [-0.15, -0.1) is 0 Å². The first-order valence-corrected chi connectivity index (χ1v) is 7.13. The Bertz CT molecular complexity index is 458. The highest BCUT2D eigenvalue weighted by Gasteiger charge is 2.28. The summed E-state index contributed by atoms with van der Waals surface area (Å²) in [5.74, 6) is -1.76. The van der Waals surface area contributed by atoms with Crippen molar-refractivity contribution in [3.63, 3.8) is 0 Å². The number of carbonyl (C=O) groups is 2. The molecule has 1 amide bonds. The minimum Gasteiger partial charge on any atom is -0.481 e. The number of rotatable bonds is 7. The number of aliphatic hydroxyl groups is 2. The maximum absolute atomic E-state index is 12.3. The van der Waals surface area contributed by atoms with Crippen molar-refractivity contribution < 1.29 is 24.9 Å². The quantitative estimate of drug-likeness (QED) is 0.407. The van der Waals surface area contributed by atoms with E-state index in [1.54, 1.807) is 0 Å². The van der Waals surface area contributed by atoms with E-state index in [0.29, 0.717) is 25.9 Å². The number of piperidine rings is 1. The van der Waals surface area contributed by atoms with Gasteiger partial charge in [-0.1, -0.05) is 0 Å². The molecule has 0 spiro atoms. The predicted molar refractivity (Wildman–Crippen MR) is 76.4 cm³/mol. The summed E-state index contributed by atoms with van der Waals surface area (Å²) in [6.07, 6.45) is 2.08. The monoisotopic (exact) mass is 311 g/mol. The minimum absolute atomic E-state index is 0.0873. The maximum Gasteiger partial charge on any atom is 0.306 e. The topological polar surface area (TPSA) is 125 Å². The van der Waals surface area contributed by atoms with Crippen LogP contribution in [-0.4, -0.2) is 76.4 Å². The van der Waals surface area contributed by atoms with Crippen LogP contribution in [0.25, 0.3) is 0 Å². The van der Waals surface area contributed by atoms with Gasteiger partial charge in [0, 0.05) is 32.4 Å². The summed E-state index contributed by atoms with van der Waals surface area (Å²) < 4.78 is 0. The van der Waals surface area contributed by atoms with E-state index in [1.807, 2.05) is 6.07 Å². The van der Waals surface area contributed by atoms with Gasteiger partial charge in [0.05, 0.1) is 19.1 Å². The molecular weight excluding hydrogens is 290 g/mol. The molecule has 0 unspecified atom stereocenters. The summed E-state index contributed by atoms with van der Waals surface area (Å²) in [7, 11) is 0. The van der Waals surface area contributed by atoms with E-state index < -0.39 is 17.8 Å². The molecule has 8 heteroatoms. The van der Waals surface area contributed by atoms with Crippen LogP contribution in [0.4, 0.5) is 0 Å². The van der Waals surface area contributed by atoms with Crippen LogP contribution in [0.5, 0.6) is 0 Å². The van der Waals surface area contributed by atoms with Crippen molar-refractivity contribution in [1.29, 1.82) is 5.26 Å². The van der Waals surface area contributed by atoms with E-state index in [-0.39, 0.29) is 31.9 Å². The number of aliphatic hydroxyl groups excluding tert-OH is 2. The van der Waals surface area contributed by atoms with Crippen molar-refractivity contribution >= 4 is 11.9 Å². The molecule has 1 rings (SSSR count). The van der Waals surface area contributed by atoms with Gasteiger partial charge in [-0.25, -0.2) is 0 Å². The van der Waals surface area contributed by atoms with Crippen LogP contribution >= 0.6 is 0 Å². The van der Waals surface area contributed by atoms with Crippen molar-refractivity contribution in [3.8, 4) is 6.07 Å². The summed E-state index contributed by atoms with van der Waals surface area (Å²) in [4.78, 5) is 26.1. The molecule has 1 aliphatic rings. The fraction of sp³-hybridized carbons (Fsp3) is 0.643. The summed E-state index contributed by atoms with van der Waals surface area (Å²) in [5.41, 5.74) is -0.0873. The highest BCUT2D eigenvalue weighted by Crippen LogP contribution is 2.19. The zero-order chi connectivity index (χ0) is 16.5. The van der Waals surface area contributed by atoms with Crippen molar-refractivity contribution in [1.82, 2.24) is 9.80 Å². The Kier molecular flexibility index (Phi) is 7.36. The van der Waals surface area contributed by atoms with Crippen LogP contribution in [0.15, 0.2) is 11.8 Å². The Morgan fingerprint density at radius 1 is 1.23 bits per heavy atom. The highest BCUT2D eigenvalue weighted by molar-refractivity contribution is 5.97. The molecule has 22 heavy (non-hydrogen) atoms. The lowest BCUT2D eigenvalue weighted by Crippen LogP contribution is -2.41. The van der Waals surface area contributed by atoms with Crippen LogP contribution in [-0.2, 0) is 9.59 Å². The van der Waals surface area contributed by atoms with Gasteiger partial charge in [0.15, 0.2) is 0 Å². The first kappa shape index (κ1) is 17.9. The molecule has 8 nitrogen and oxygen atoms in total. The molecule has 1 heterocycles. The van der Waals surface area contributed by atoms with Crippen LogP contribution in [0, 0.1) is 17.2 Å². The number of aliphatic carboxylic acids is 1. The molecule has 0 aromatic heterocycles. The fourth-order valence-corrected chi connectivity index (χ4v) is 2.31. The average Bonchev–Trinajstić information content (AvgIpc) is 2.52. The van der Waals surface area contributed by atoms with E-state index in [0.717, 1.165) is 0 Å². The van der Waals surface area contributed by atoms with Crippen molar-refractivity contribution in [2.45, 2.75) is 12.8 Å². The molecule has 0 aliphatic carbocycles. The molecular formula is C14H21N3O5. The van der Waals surface area contributed by atoms with E-state index in [4.69, 9.17) is 20.6 Å².